The Hall–Kier alpha value is 0.100. The van der Waals surface area contributed by atoms with Gasteiger partial charge in [0.15, 0.2) is 0 Å². The van der Waals surface area contributed by atoms with Crippen LogP contribution in [0, 0.1) is 0 Å². The third-order valence-corrected chi connectivity index (χ3v) is 3.99. The van der Waals surface area contributed by atoms with Gasteiger partial charge in [-0.25, -0.2) is 0 Å². The number of halogens is 1. The first-order valence-electron chi connectivity index (χ1n) is 6.18. The van der Waals surface area contributed by atoms with Gasteiger partial charge >= 0.3 is 0 Å². The molecule has 0 amide bonds. The normalized spacial score (nSPS) is 34.4. The van der Waals surface area contributed by atoms with Crippen molar-refractivity contribution >= 4 is 15.9 Å². The molecule has 98 valence electrons. The van der Waals surface area contributed by atoms with Gasteiger partial charge in [0.2, 0.25) is 5.79 Å². The minimum Gasteiger partial charge on any atom is -0.359 e. The first-order valence-corrected chi connectivity index (χ1v) is 7.30. The Morgan fingerprint density at radius 1 is 1.12 bits per heavy atom. The van der Waals surface area contributed by atoms with Gasteiger partial charge < -0.3 is 14.2 Å². The molecule has 0 unspecified atom stereocenters. The van der Waals surface area contributed by atoms with E-state index >= 15 is 0 Å². The van der Waals surface area contributed by atoms with Gasteiger partial charge in [-0.15, -0.1) is 0 Å². The van der Waals surface area contributed by atoms with E-state index in [-0.39, 0.29) is 5.60 Å². The third-order valence-electron chi connectivity index (χ3n) is 3.43. The Morgan fingerprint density at radius 2 is 1.76 bits per heavy atom. The van der Waals surface area contributed by atoms with Gasteiger partial charge in [-0.05, 0) is 39.7 Å². The molecule has 2 aliphatic heterocycles. The lowest BCUT2D eigenvalue weighted by Gasteiger charge is -2.49. The first kappa shape index (κ1) is 13.5. The highest BCUT2D eigenvalue weighted by molar-refractivity contribution is 9.09. The molecular weight excluding hydrogens is 284 g/mol. The molecule has 0 bridgehead atoms. The van der Waals surface area contributed by atoms with Gasteiger partial charge in [0, 0.05) is 5.33 Å². The summed E-state index contributed by atoms with van der Waals surface area (Å²) in [6, 6.07) is 0. The smallest absolute Gasteiger partial charge is 0.217 e. The van der Waals surface area contributed by atoms with Crippen molar-refractivity contribution in [1.82, 2.24) is 0 Å². The zero-order valence-corrected chi connectivity index (χ0v) is 12.4. The highest BCUT2D eigenvalue weighted by atomic mass is 79.9. The molecule has 0 radical (unpaired) electrons. The van der Waals surface area contributed by atoms with E-state index in [1.807, 2.05) is 12.2 Å². The van der Waals surface area contributed by atoms with Crippen molar-refractivity contribution in [2.45, 2.75) is 50.6 Å². The molecule has 1 atom stereocenters. The minimum absolute atomic E-state index is 0.262. The summed E-state index contributed by atoms with van der Waals surface area (Å²) in [6.07, 6.45) is 6.02. The molecule has 0 aliphatic carbocycles. The van der Waals surface area contributed by atoms with E-state index in [1.54, 1.807) is 0 Å². The standard InChI is InChI=1S/C13H21BrO3/c1-11(2)6-7-13(15-9-10-16-13)12(3,17-11)5-4-8-14/h6-7H,4-5,8-10H2,1-3H3/t12-/m1/s1. The molecule has 0 N–H and O–H groups in total. The van der Waals surface area contributed by atoms with E-state index < -0.39 is 11.4 Å². The summed E-state index contributed by atoms with van der Waals surface area (Å²) in [4.78, 5) is 0. The van der Waals surface area contributed by atoms with E-state index in [2.05, 4.69) is 36.7 Å². The van der Waals surface area contributed by atoms with Crippen LogP contribution in [0.3, 0.4) is 0 Å². The molecule has 0 aromatic rings. The highest BCUT2D eigenvalue weighted by Crippen LogP contribution is 2.45. The molecule has 0 aromatic heterocycles. The van der Waals surface area contributed by atoms with Crippen LogP contribution in [0.1, 0.15) is 33.6 Å². The number of alkyl halides is 1. The summed E-state index contributed by atoms with van der Waals surface area (Å²) in [5, 5.41) is 0.964. The van der Waals surface area contributed by atoms with Crippen LogP contribution in [0.15, 0.2) is 12.2 Å². The maximum Gasteiger partial charge on any atom is 0.217 e. The molecule has 2 aliphatic rings. The van der Waals surface area contributed by atoms with Gasteiger partial charge in [-0.1, -0.05) is 22.0 Å². The van der Waals surface area contributed by atoms with Crippen LogP contribution in [0.4, 0.5) is 0 Å². The average Bonchev–Trinajstić information content (AvgIpc) is 2.72. The molecule has 0 saturated carbocycles. The Balaban J connectivity index is 2.28. The Morgan fingerprint density at radius 3 is 2.35 bits per heavy atom. The van der Waals surface area contributed by atoms with E-state index in [0.717, 1.165) is 18.2 Å². The van der Waals surface area contributed by atoms with Crippen LogP contribution >= 0.6 is 15.9 Å². The van der Waals surface area contributed by atoms with Crippen molar-refractivity contribution in [3.63, 3.8) is 0 Å². The Kier molecular flexibility index (Phi) is 3.70. The van der Waals surface area contributed by atoms with Crippen molar-refractivity contribution in [2.24, 2.45) is 0 Å². The maximum absolute atomic E-state index is 6.24. The number of hydrogen-bond donors (Lipinski definition) is 0. The van der Waals surface area contributed by atoms with Gasteiger partial charge in [-0.3, -0.25) is 0 Å². The third kappa shape index (κ3) is 2.46. The Bertz CT molecular complexity index is 308. The highest BCUT2D eigenvalue weighted by Gasteiger charge is 2.56. The molecule has 3 nitrogen and oxygen atoms in total. The van der Waals surface area contributed by atoms with Crippen molar-refractivity contribution in [1.29, 1.82) is 0 Å². The van der Waals surface area contributed by atoms with Crippen LogP contribution in [0.5, 0.6) is 0 Å². The summed E-state index contributed by atoms with van der Waals surface area (Å²) < 4.78 is 17.9. The monoisotopic (exact) mass is 304 g/mol. The van der Waals surface area contributed by atoms with Crippen LogP contribution in [-0.2, 0) is 14.2 Å². The van der Waals surface area contributed by atoms with Crippen LogP contribution < -0.4 is 0 Å². The molecule has 1 fully saturated rings. The van der Waals surface area contributed by atoms with Crippen molar-refractivity contribution in [3.8, 4) is 0 Å². The first-order chi connectivity index (χ1) is 7.93. The fraction of sp³-hybridized carbons (Fsp3) is 0.846. The number of ether oxygens (including phenoxy) is 3. The lowest BCUT2D eigenvalue weighted by atomic mass is 9.84. The predicted octanol–water partition coefficient (Wildman–Crippen LogP) is 3.03. The van der Waals surface area contributed by atoms with Gasteiger partial charge in [0.05, 0.1) is 18.8 Å². The van der Waals surface area contributed by atoms with Crippen LogP contribution in [-0.4, -0.2) is 35.5 Å². The van der Waals surface area contributed by atoms with Crippen LogP contribution in [0.2, 0.25) is 0 Å². The summed E-state index contributed by atoms with van der Waals surface area (Å²) in [7, 11) is 0. The fourth-order valence-corrected chi connectivity index (χ4v) is 2.91. The average molecular weight is 305 g/mol. The molecule has 2 heterocycles. The maximum atomic E-state index is 6.24. The Labute approximate surface area is 112 Å². The molecule has 2 rings (SSSR count). The molecule has 1 saturated heterocycles. The minimum atomic E-state index is -0.690. The summed E-state index contributed by atoms with van der Waals surface area (Å²) in [5.41, 5.74) is -0.683. The van der Waals surface area contributed by atoms with E-state index in [1.165, 1.54) is 0 Å². The molecule has 4 heteroatoms. The molecule has 17 heavy (non-hydrogen) atoms. The summed E-state index contributed by atoms with van der Waals surface area (Å²) in [5.74, 6) is -0.690. The number of rotatable bonds is 3. The fourth-order valence-electron chi connectivity index (χ4n) is 2.63. The SMILES string of the molecule is CC1(C)C=CC2(OCCO2)[C@@](C)(CCCBr)O1. The van der Waals surface area contributed by atoms with Crippen molar-refractivity contribution < 1.29 is 14.2 Å². The van der Waals surface area contributed by atoms with Gasteiger partial charge in [-0.2, -0.15) is 0 Å². The predicted molar refractivity (Wildman–Crippen MR) is 70.4 cm³/mol. The van der Waals surface area contributed by atoms with Crippen LogP contribution in [0.25, 0.3) is 0 Å². The quantitative estimate of drug-likeness (QED) is 0.592. The topological polar surface area (TPSA) is 27.7 Å². The van der Waals surface area contributed by atoms with Gasteiger partial charge in [0.25, 0.3) is 0 Å². The van der Waals surface area contributed by atoms with E-state index in [9.17, 15) is 0 Å². The second-order valence-corrected chi connectivity index (χ2v) is 6.22. The second kappa shape index (κ2) is 4.65. The largest absolute Gasteiger partial charge is 0.359 e. The van der Waals surface area contributed by atoms with Crippen molar-refractivity contribution in [2.75, 3.05) is 18.5 Å². The zero-order chi connectivity index (χ0) is 12.6. The van der Waals surface area contributed by atoms with Crippen molar-refractivity contribution in [3.05, 3.63) is 12.2 Å². The van der Waals surface area contributed by atoms with E-state index in [4.69, 9.17) is 14.2 Å². The number of hydrogen-bond acceptors (Lipinski definition) is 3. The summed E-state index contributed by atoms with van der Waals surface area (Å²) in [6.45, 7) is 7.50. The van der Waals surface area contributed by atoms with Gasteiger partial charge in [0.1, 0.15) is 5.60 Å². The molecule has 0 aromatic carbocycles. The lowest BCUT2D eigenvalue weighted by molar-refractivity contribution is -0.285. The van der Waals surface area contributed by atoms with E-state index in [0.29, 0.717) is 13.2 Å². The molecular formula is C13H21BrO3. The lowest BCUT2D eigenvalue weighted by Crippen LogP contribution is -2.59. The molecule has 1 spiro atoms. The second-order valence-electron chi connectivity index (χ2n) is 5.43. The zero-order valence-electron chi connectivity index (χ0n) is 10.8. The summed E-state index contributed by atoms with van der Waals surface area (Å²) >= 11 is 3.47.